The van der Waals surface area contributed by atoms with Crippen molar-refractivity contribution in [3.05, 3.63) is 76.2 Å². The second-order valence-corrected chi connectivity index (χ2v) is 6.56. The summed E-state index contributed by atoms with van der Waals surface area (Å²) >= 11 is 0. The molecule has 8 nitrogen and oxygen atoms in total. The maximum Gasteiger partial charge on any atom is 0.267 e. The van der Waals surface area contributed by atoms with E-state index < -0.39 is 0 Å². The fourth-order valence-electron chi connectivity index (χ4n) is 2.94. The third kappa shape index (κ3) is 3.77. The van der Waals surface area contributed by atoms with Gasteiger partial charge >= 0.3 is 0 Å². The number of ether oxygens (including phenoxy) is 1. The van der Waals surface area contributed by atoms with E-state index in [0.717, 1.165) is 16.8 Å². The average Bonchev–Trinajstić information content (AvgIpc) is 3.10. The van der Waals surface area contributed by atoms with Gasteiger partial charge in [0.15, 0.2) is 0 Å². The fraction of sp³-hybridized carbons (Fsp3) is 0.190. The monoisotopic (exact) mass is 389 g/mol. The first-order valence-corrected chi connectivity index (χ1v) is 9.02. The van der Waals surface area contributed by atoms with Gasteiger partial charge in [0.2, 0.25) is 5.88 Å². The molecule has 0 radical (unpaired) electrons. The SMILES string of the molecule is COc1cccc(-c2cnn(Cc3c(-c4ccc(C)nc4)noc3C)c(=O)c2)n1. The van der Waals surface area contributed by atoms with E-state index in [1.165, 1.54) is 10.7 Å². The number of methoxy groups -OCH3 is 1. The third-order valence-corrected chi connectivity index (χ3v) is 4.58. The minimum atomic E-state index is -0.249. The van der Waals surface area contributed by atoms with Gasteiger partial charge in [-0.3, -0.25) is 9.78 Å². The quantitative estimate of drug-likeness (QED) is 0.518. The van der Waals surface area contributed by atoms with Crippen LogP contribution in [0, 0.1) is 13.8 Å². The van der Waals surface area contributed by atoms with Crippen molar-refractivity contribution in [2.24, 2.45) is 0 Å². The highest BCUT2D eigenvalue weighted by atomic mass is 16.5. The van der Waals surface area contributed by atoms with Crippen LogP contribution in [0.2, 0.25) is 0 Å². The second kappa shape index (κ2) is 7.67. The number of pyridine rings is 2. The van der Waals surface area contributed by atoms with Crippen molar-refractivity contribution < 1.29 is 9.26 Å². The molecule has 0 saturated heterocycles. The smallest absolute Gasteiger partial charge is 0.267 e. The zero-order valence-corrected chi connectivity index (χ0v) is 16.3. The van der Waals surface area contributed by atoms with Crippen LogP contribution < -0.4 is 10.3 Å². The normalized spacial score (nSPS) is 10.9. The Morgan fingerprint density at radius 2 is 1.97 bits per heavy atom. The lowest BCUT2D eigenvalue weighted by Crippen LogP contribution is -2.23. The van der Waals surface area contributed by atoms with Gasteiger partial charge in [0.25, 0.3) is 5.56 Å². The van der Waals surface area contributed by atoms with Crippen LogP contribution in [-0.2, 0) is 6.54 Å². The molecule has 4 aromatic rings. The van der Waals surface area contributed by atoms with Crippen LogP contribution >= 0.6 is 0 Å². The van der Waals surface area contributed by atoms with E-state index in [2.05, 4.69) is 20.2 Å². The molecule has 0 aliphatic carbocycles. The molecule has 0 aliphatic heterocycles. The number of hydrogen-bond acceptors (Lipinski definition) is 7. The van der Waals surface area contributed by atoms with Crippen molar-refractivity contribution in [1.29, 1.82) is 0 Å². The lowest BCUT2D eigenvalue weighted by atomic mass is 10.1. The van der Waals surface area contributed by atoms with Crippen LogP contribution in [0.5, 0.6) is 5.88 Å². The largest absolute Gasteiger partial charge is 0.481 e. The van der Waals surface area contributed by atoms with Gasteiger partial charge in [0.1, 0.15) is 11.5 Å². The van der Waals surface area contributed by atoms with E-state index in [4.69, 9.17) is 9.26 Å². The highest BCUT2D eigenvalue weighted by Crippen LogP contribution is 2.25. The Morgan fingerprint density at radius 1 is 1.10 bits per heavy atom. The molecule has 8 heteroatoms. The molecule has 0 bridgehead atoms. The molecule has 4 aromatic heterocycles. The molecule has 146 valence electrons. The van der Waals surface area contributed by atoms with E-state index >= 15 is 0 Å². The number of nitrogens with zero attached hydrogens (tertiary/aromatic N) is 5. The molecule has 0 saturated carbocycles. The minimum absolute atomic E-state index is 0.239. The van der Waals surface area contributed by atoms with Gasteiger partial charge in [0.05, 0.1) is 25.5 Å². The molecule has 0 amide bonds. The first-order valence-electron chi connectivity index (χ1n) is 9.02. The molecule has 0 unspecified atom stereocenters. The van der Waals surface area contributed by atoms with Gasteiger partial charge in [-0.15, -0.1) is 0 Å². The fourth-order valence-corrected chi connectivity index (χ4v) is 2.94. The van der Waals surface area contributed by atoms with E-state index in [1.54, 1.807) is 31.6 Å². The van der Waals surface area contributed by atoms with Gasteiger partial charge in [0, 0.05) is 40.7 Å². The van der Waals surface area contributed by atoms with Gasteiger partial charge < -0.3 is 9.26 Å². The van der Waals surface area contributed by atoms with Gasteiger partial charge in [-0.25, -0.2) is 9.67 Å². The highest BCUT2D eigenvalue weighted by Gasteiger charge is 2.17. The van der Waals surface area contributed by atoms with Crippen molar-refractivity contribution >= 4 is 0 Å². The second-order valence-electron chi connectivity index (χ2n) is 6.56. The molecule has 0 aromatic carbocycles. The first kappa shape index (κ1) is 18.5. The van der Waals surface area contributed by atoms with Gasteiger partial charge in [-0.05, 0) is 32.0 Å². The van der Waals surface area contributed by atoms with Crippen molar-refractivity contribution in [3.63, 3.8) is 0 Å². The van der Waals surface area contributed by atoms with Gasteiger partial charge in [-0.2, -0.15) is 5.10 Å². The Balaban J connectivity index is 1.66. The molecule has 0 atom stereocenters. The van der Waals surface area contributed by atoms with E-state index in [0.29, 0.717) is 28.6 Å². The number of aryl methyl sites for hydroxylation is 2. The lowest BCUT2D eigenvalue weighted by Gasteiger charge is -2.07. The standard InChI is InChI=1S/C21H19N5O3/c1-13-7-8-15(10-22-13)21-17(14(2)29-25-21)12-26-20(27)9-16(11-23-26)18-5-4-6-19(24-18)28-3/h4-11H,12H2,1-3H3. The summed E-state index contributed by atoms with van der Waals surface area (Å²) in [5, 5.41) is 8.46. The van der Waals surface area contributed by atoms with Crippen LogP contribution in [0.4, 0.5) is 0 Å². The first-order chi connectivity index (χ1) is 14.0. The molecule has 4 heterocycles. The molecular weight excluding hydrogens is 370 g/mol. The number of rotatable bonds is 5. The number of hydrogen-bond donors (Lipinski definition) is 0. The minimum Gasteiger partial charge on any atom is -0.481 e. The Morgan fingerprint density at radius 3 is 2.69 bits per heavy atom. The van der Waals surface area contributed by atoms with E-state index in [9.17, 15) is 4.79 Å². The summed E-state index contributed by atoms with van der Waals surface area (Å²) < 4.78 is 11.9. The molecule has 4 rings (SSSR count). The van der Waals surface area contributed by atoms with Crippen molar-refractivity contribution in [3.8, 4) is 28.4 Å². The Labute approximate surface area is 166 Å². The Kier molecular flexibility index (Phi) is 4.90. The molecular formula is C21H19N5O3. The van der Waals surface area contributed by atoms with Crippen LogP contribution in [0.15, 0.2) is 58.1 Å². The number of aromatic nitrogens is 5. The van der Waals surface area contributed by atoms with Crippen LogP contribution in [-0.4, -0.2) is 32.0 Å². The van der Waals surface area contributed by atoms with E-state index in [1.807, 2.05) is 32.0 Å². The van der Waals surface area contributed by atoms with Crippen molar-refractivity contribution in [1.82, 2.24) is 24.9 Å². The van der Waals surface area contributed by atoms with Gasteiger partial charge in [-0.1, -0.05) is 11.2 Å². The van der Waals surface area contributed by atoms with Crippen molar-refractivity contribution in [2.75, 3.05) is 7.11 Å². The predicted molar refractivity (Wildman–Crippen MR) is 107 cm³/mol. The third-order valence-electron chi connectivity index (χ3n) is 4.58. The summed E-state index contributed by atoms with van der Waals surface area (Å²) in [7, 11) is 1.55. The summed E-state index contributed by atoms with van der Waals surface area (Å²) in [6.07, 6.45) is 3.35. The summed E-state index contributed by atoms with van der Waals surface area (Å²) in [6.45, 7) is 3.97. The summed E-state index contributed by atoms with van der Waals surface area (Å²) in [6, 6.07) is 10.7. The predicted octanol–water partition coefficient (Wildman–Crippen LogP) is 3.03. The Bertz CT molecular complexity index is 1210. The maximum atomic E-state index is 12.7. The molecule has 0 N–H and O–H groups in total. The molecule has 29 heavy (non-hydrogen) atoms. The summed E-state index contributed by atoms with van der Waals surface area (Å²) in [5.74, 6) is 1.11. The van der Waals surface area contributed by atoms with Crippen LogP contribution in [0.1, 0.15) is 17.0 Å². The van der Waals surface area contributed by atoms with Crippen LogP contribution in [0.25, 0.3) is 22.5 Å². The zero-order valence-electron chi connectivity index (χ0n) is 16.3. The molecule has 0 fully saturated rings. The average molecular weight is 389 g/mol. The highest BCUT2D eigenvalue weighted by molar-refractivity contribution is 5.62. The maximum absolute atomic E-state index is 12.7. The van der Waals surface area contributed by atoms with E-state index in [-0.39, 0.29) is 12.1 Å². The topological polar surface area (TPSA) is 95.9 Å². The van der Waals surface area contributed by atoms with Crippen molar-refractivity contribution in [2.45, 2.75) is 20.4 Å². The summed E-state index contributed by atoms with van der Waals surface area (Å²) in [5.41, 5.74) is 4.17. The summed E-state index contributed by atoms with van der Waals surface area (Å²) in [4.78, 5) is 21.3. The Hall–Kier alpha value is -3.81. The van der Waals surface area contributed by atoms with Crippen LogP contribution in [0.3, 0.4) is 0 Å². The molecule has 0 spiro atoms. The lowest BCUT2D eigenvalue weighted by molar-refractivity contribution is 0.397. The molecule has 0 aliphatic rings. The zero-order chi connectivity index (χ0) is 20.4.